The molecule has 0 unspecified atom stereocenters. The van der Waals surface area contributed by atoms with E-state index in [2.05, 4.69) is 31.2 Å². The van der Waals surface area contributed by atoms with Crippen LogP contribution in [0, 0.1) is 11.6 Å². The Hall–Kier alpha value is -1.76. The monoisotopic (exact) mass is 328 g/mol. The van der Waals surface area contributed by atoms with E-state index in [1.165, 1.54) is 12.1 Å². The minimum atomic E-state index is -0.585. The number of rotatable bonds is 4. The van der Waals surface area contributed by atoms with E-state index >= 15 is 0 Å². The lowest BCUT2D eigenvalue weighted by atomic mass is 10.1. The molecule has 0 aliphatic heterocycles. The van der Waals surface area contributed by atoms with Crippen LogP contribution in [0.4, 0.5) is 20.5 Å². The van der Waals surface area contributed by atoms with Crippen molar-refractivity contribution in [1.29, 1.82) is 0 Å². The lowest BCUT2D eigenvalue weighted by Gasteiger charge is -2.06. The van der Waals surface area contributed by atoms with Gasteiger partial charge in [0.1, 0.15) is 22.1 Å². The lowest BCUT2D eigenvalue weighted by Crippen LogP contribution is -2.09. The third-order valence-electron chi connectivity index (χ3n) is 2.33. The molecule has 1 aromatic heterocycles. The minimum Gasteiger partial charge on any atom is -0.383 e. The quantitative estimate of drug-likeness (QED) is 0.847. The second-order valence-electron chi connectivity index (χ2n) is 3.89. The fourth-order valence-electron chi connectivity index (χ4n) is 1.59. The summed E-state index contributed by atoms with van der Waals surface area (Å²) >= 11 is 3.20. The van der Waals surface area contributed by atoms with Crippen molar-refractivity contribution in [3.8, 4) is 0 Å². The summed E-state index contributed by atoms with van der Waals surface area (Å²) in [5.74, 6) is -0.471. The third-order valence-corrected chi connectivity index (χ3v) is 2.74. The fourth-order valence-corrected chi connectivity index (χ4v) is 1.99. The van der Waals surface area contributed by atoms with Crippen LogP contribution in [0.15, 0.2) is 28.9 Å². The Kier molecular flexibility index (Phi) is 4.26. The van der Waals surface area contributed by atoms with Gasteiger partial charge < -0.3 is 11.1 Å². The number of aromatic nitrogens is 2. The van der Waals surface area contributed by atoms with Crippen LogP contribution >= 0.6 is 15.9 Å². The van der Waals surface area contributed by atoms with Gasteiger partial charge in [0.05, 0.1) is 0 Å². The Bertz CT molecular complexity index is 500. The normalized spacial score (nSPS) is 10.5. The Labute approximate surface area is 117 Å². The van der Waals surface area contributed by atoms with Crippen molar-refractivity contribution in [2.24, 2.45) is 0 Å². The van der Waals surface area contributed by atoms with Crippen molar-refractivity contribution in [3.05, 3.63) is 46.1 Å². The predicted molar refractivity (Wildman–Crippen MR) is 72.7 cm³/mol. The third kappa shape index (κ3) is 4.13. The Morgan fingerprint density at radius 2 is 1.79 bits per heavy atom. The van der Waals surface area contributed by atoms with Gasteiger partial charge in [-0.05, 0) is 40.0 Å². The van der Waals surface area contributed by atoms with Gasteiger partial charge in [0.15, 0.2) is 0 Å². The smallest absolute Gasteiger partial charge is 0.225 e. The van der Waals surface area contributed by atoms with E-state index in [4.69, 9.17) is 5.73 Å². The van der Waals surface area contributed by atoms with Crippen LogP contribution < -0.4 is 11.1 Å². The summed E-state index contributed by atoms with van der Waals surface area (Å²) in [5.41, 5.74) is 6.12. The van der Waals surface area contributed by atoms with Crippen molar-refractivity contribution < 1.29 is 8.78 Å². The van der Waals surface area contributed by atoms with Gasteiger partial charge in [0.25, 0.3) is 0 Å². The van der Waals surface area contributed by atoms with Crippen LogP contribution in [-0.4, -0.2) is 16.5 Å². The molecule has 0 saturated carbocycles. The van der Waals surface area contributed by atoms with Crippen molar-refractivity contribution >= 4 is 27.7 Å². The van der Waals surface area contributed by atoms with Gasteiger partial charge in [-0.3, -0.25) is 0 Å². The van der Waals surface area contributed by atoms with Gasteiger partial charge in [-0.15, -0.1) is 0 Å². The maximum Gasteiger partial charge on any atom is 0.225 e. The van der Waals surface area contributed by atoms with Crippen LogP contribution in [0.2, 0.25) is 0 Å². The number of benzene rings is 1. The topological polar surface area (TPSA) is 63.8 Å². The van der Waals surface area contributed by atoms with E-state index in [1.54, 1.807) is 6.07 Å². The van der Waals surface area contributed by atoms with Crippen LogP contribution in [-0.2, 0) is 6.42 Å². The number of halogens is 3. The molecule has 0 saturated heterocycles. The standard InChI is InChI=1S/C12H11BrF2N4/c13-10-6-11(16)19-12(18-10)17-2-1-7-3-8(14)5-9(15)4-7/h3-6H,1-2H2,(H3,16,17,18,19). The molecule has 0 spiro atoms. The molecule has 0 aliphatic carbocycles. The Balaban J connectivity index is 1.96. The second-order valence-corrected chi connectivity index (χ2v) is 4.71. The molecule has 0 fully saturated rings. The first-order valence-electron chi connectivity index (χ1n) is 5.52. The molecule has 1 aromatic carbocycles. The second kappa shape index (κ2) is 5.92. The van der Waals surface area contributed by atoms with E-state index in [9.17, 15) is 8.78 Å². The van der Waals surface area contributed by atoms with Crippen molar-refractivity contribution in [3.63, 3.8) is 0 Å². The number of anilines is 2. The first-order valence-corrected chi connectivity index (χ1v) is 6.31. The average molecular weight is 329 g/mol. The number of hydrogen-bond donors (Lipinski definition) is 2. The number of hydrogen-bond acceptors (Lipinski definition) is 4. The molecule has 1 heterocycles. The highest BCUT2D eigenvalue weighted by atomic mass is 79.9. The zero-order valence-electron chi connectivity index (χ0n) is 9.83. The maximum atomic E-state index is 13.0. The molecule has 0 radical (unpaired) electrons. The van der Waals surface area contributed by atoms with Crippen molar-refractivity contribution in [1.82, 2.24) is 9.97 Å². The largest absolute Gasteiger partial charge is 0.383 e. The summed E-state index contributed by atoms with van der Waals surface area (Å²) in [6.07, 6.45) is 0.449. The molecule has 100 valence electrons. The average Bonchev–Trinajstić information content (AvgIpc) is 2.26. The number of nitrogens with one attached hydrogen (secondary N) is 1. The summed E-state index contributed by atoms with van der Waals surface area (Å²) in [6.45, 7) is 0.443. The maximum absolute atomic E-state index is 13.0. The molecule has 7 heteroatoms. The number of nitrogens with zero attached hydrogens (tertiary/aromatic N) is 2. The zero-order valence-corrected chi connectivity index (χ0v) is 11.4. The molecule has 19 heavy (non-hydrogen) atoms. The molecule has 0 bridgehead atoms. The summed E-state index contributed by atoms with van der Waals surface area (Å²) in [7, 11) is 0. The zero-order chi connectivity index (χ0) is 13.8. The molecule has 2 aromatic rings. The predicted octanol–water partition coefficient (Wildman–Crippen LogP) is 2.75. The van der Waals surface area contributed by atoms with Crippen LogP contribution in [0.25, 0.3) is 0 Å². The summed E-state index contributed by atoms with van der Waals surface area (Å²) < 4.78 is 26.5. The Morgan fingerprint density at radius 3 is 2.42 bits per heavy atom. The van der Waals surface area contributed by atoms with E-state index in [1.807, 2.05) is 0 Å². The van der Waals surface area contributed by atoms with Gasteiger partial charge in [-0.1, -0.05) is 0 Å². The first-order chi connectivity index (χ1) is 9.02. The number of nitrogen functional groups attached to an aromatic ring is 1. The summed E-state index contributed by atoms with van der Waals surface area (Å²) in [4.78, 5) is 8.04. The highest BCUT2D eigenvalue weighted by Crippen LogP contribution is 2.13. The van der Waals surface area contributed by atoms with Crippen LogP contribution in [0.5, 0.6) is 0 Å². The van der Waals surface area contributed by atoms with Gasteiger partial charge >= 0.3 is 0 Å². The van der Waals surface area contributed by atoms with E-state index in [0.29, 0.717) is 34.9 Å². The number of nitrogens with two attached hydrogens (primary N) is 1. The highest BCUT2D eigenvalue weighted by Gasteiger charge is 2.03. The fraction of sp³-hybridized carbons (Fsp3) is 0.167. The highest BCUT2D eigenvalue weighted by molar-refractivity contribution is 9.10. The van der Waals surface area contributed by atoms with E-state index in [-0.39, 0.29) is 0 Å². The van der Waals surface area contributed by atoms with Crippen molar-refractivity contribution in [2.75, 3.05) is 17.6 Å². The van der Waals surface area contributed by atoms with Crippen LogP contribution in [0.3, 0.4) is 0 Å². The van der Waals surface area contributed by atoms with Crippen LogP contribution in [0.1, 0.15) is 5.56 Å². The molecule has 0 amide bonds. The molecular weight excluding hydrogens is 318 g/mol. The SMILES string of the molecule is Nc1cc(Br)nc(NCCc2cc(F)cc(F)c2)n1. The summed E-state index contributed by atoms with van der Waals surface area (Å²) in [6, 6.07) is 5.00. The van der Waals surface area contributed by atoms with Crippen molar-refractivity contribution in [2.45, 2.75) is 6.42 Å². The van der Waals surface area contributed by atoms with E-state index in [0.717, 1.165) is 6.07 Å². The lowest BCUT2D eigenvalue weighted by molar-refractivity contribution is 0.580. The molecular formula is C12H11BrF2N4. The molecule has 4 nitrogen and oxygen atoms in total. The van der Waals surface area contributed by atoms with Gasteiger partial charge in [-0.2, -0.15) is 4.98 Å². The minimum absolute atomic E-state index is 0.334. The molecule has 0 atom stereocenters. The molecule has 3 N–H and O–H groups in total. The van der Waals surface area contributed by atoms with E-state index < -0.39 is 11.6 Å². The van der Waals surface area contributed by atoms with Gasteiger partial charge in [0.2, 0.25) is 5.95 Å². The first kappa shape index (κ1) is 13.7. The van der Waals surface area contributed by atoms with Gasteiger partial charge in [0, 0.05) is 18.7 Å². The van der Waals surface area contributed by atoms with Gasteiger partial charge in [-0.25, -0.2) is 13.8 Å². The molecule has 2 rings (SSSR count). The molecule has 0 aliphatic rings. The summed E-state index contributed by atoms with van der Waals surface area (Å²) in [5, 5.41) is 2.94. The Morgan fingerprint density at radius 1 is 1.11 bits per heavy atom.